The van der Waals surface area contributed by atoms with E-state index in [4.69, 9.17) is 14.2 Å². The molecule has 0 fully saturated rings. The molecule has 1 atom stereocenters. The molecule has 5 rings (SSSR count). The Kier molecular flexibility index (Phi) is 7.03. The third-order valence-corrected chi connectivity index (χ3v) is 8.14. The van der Waals surface area contributed by atoms with E-state index in [0.29, 0.717) is 28.2 Å². The van der Waals surface area contributed by atoms with E-state index in [0.717, 1.165) is 6.08 Å². The molecular formula is C31H31N3O9. The molecule has 0 saturated carbocycles. The van der Waals surface area contributed by atoms with E-state index in [2.05, 4.69) is 10.3 Å². The van der Waals surface area contributed by atoms with Crippen molar-refractivity contribution in [2.75, 3.05) is 20.8 Å². The summed E-state index contributed by atoms with van der Waals surface area (Å²) in [5, 5.41) is 24.9. The van der Waals surface area contributed by atoms with E-state index >= 15 is 0 Å². The quantitative estimate of drug-likeness (QED) is 0.211. The van der Waals surface area contributed by atoms with E-state index in [9.17, 15) is 29.4 Å². The molecule has 224 valence electrons. The summed E-state index contributed by atoms with van der Waals surface area (Å²) in [6.07, 6.45) is 1.15. The summed E-state index contributed by atoms with van der Waals surface area (Å²) >= 11 is 0. The Balaban J connectivity index is 1.48. The molecule has 3 N–H and O–H groups in total. The number of ketones is 3. The number of Topliss-reactive ketones (excluding diaryl/α,β-unsaturated/α-hetero) is 2. The van der Waals surface area contributed by atoms with Crippen LogP contribution in [0.2, 0.25) is 0 Å². The number of nitrogens with one attached hydrogen (secondary N) is 1. The molecular weight excluding hydrogens is 558 g/mol. The fraction of sp³-hybridized carbons (Fsp3) is 0.323. The fourth-order valence-corrected chi connectivity index (χ4v) is 5.73. The Morgan fingerprint density at radius 1 is 1.07 bits per heavy atom. The minimum atomic E-state index is -1.62. The first kappa shape index (κ1) is 29.4. The Hall–Kier alpha value is -5.13. The molecule has 0 bridgehead atoms. The average Bonchev–Trinajstić information content (AvgIpc) is 3.25. The first-order valence-corrected chi connectivity index (χ1v) is 13.4. The molecule has 1 aromatic heterocycles. The van der Waals surface area contributed by atoms with Gasteiger partial charge >= 0.3 is 0 Å². The SMILES string of the molecule is COc1cc2nc(C)n(CCNC(C)=C3C(=O)C=C4Oc5c(C(C)=O)c(O)c(C)c(O)c5C4(C)C3=O)c(=O)c2cc1OC. The van der Waals surface area contributed by atoms with Crippen LogP contribution in [0.25, 0.3) is 10.9 Å². The van der Waals surface area contributed by atoms with Gasteiger partial charge in [-0.3, -0.25) is 23.7 Å². The summed E-state index contributed by atoms with van der Waals surface area (Å²) in [6, 6.07) is 3.20. The number of allylic oxidation sites excluding steroid dienone is 4. The highest BCUT2D eigenvalue weighted by atomic mass is 16.5. The standard InChI is InChI=1S/C31H31N3O9/c1-13-26(37)24(15(3)35)28-25(27(13)38)31(5)22(43-28)12-19(36)23(29(31)39)14(2)32-8-9-34-16(4)33-18-11-21(42-7)20(41-6)10-17(18)30(34)40/h10-12,32,37-38H,8-9H2,1-7H3. The number of fused-ring (bicyclic) bond motifs is 4. The number of hydrogen-bond acceptors (Lipinski definition) is 11. The minimum Gasteiger partial charge on any atom is -0.507 e. The summed E-state index contributed by atoms with van der Waals surface area (Å²) in [4.78, 5) is 57.4. The Bertz CT molecular complexity index is 1900. The highest BCUT2D eigenvalue weighted by molar-refractivity contribution is 6.31. The maximum Gasteiger partial charge on any atom is 0.261 e. The summed E-state index contributed by atoms with van der Waals surface area (Å²) < 4.78 is 17.9. The number of methoxy groups -OCH3 is 2. The van der Waals surface area contributed by atoms with Crippen LogP contribution in [0, 0.1) is 13.8 Å². The molecule has 0 spiro atoms. The summed E-state index contributed by atoms with van der Waals surface area (Å²) in [7, 11) is 2.97. The van der Waals surface area contributed by atoms with E-state index in [1.807, 2.05) is 0 Å². The van der Waals surface area contributed by atoms with Crippen LogP contribution < -0.4 is 25.1 Å². The van der Waals surface area contributed by atoms with Gasteiger partial charge in [-0.15, -0.1) is 0 Å². The monoisotopic (exact) mass is 589 g/mol. The van der Waals surface area contributed by atoms with Crippen molar-refractivity contribution in [1.82, 2.24) is 14.9 Å². The van der Waals surface area contributed by atoms with Gasteiger partial charge in [-0.2, -0.15) is 0 Å². The molecule has 2 aliphatic rings. The van der Waals surface area contributed by atoms with Gasteiger partial charge in [0.15, 0.2) is 28.8 Å². The highest BCUT2D eigenvalue weighted by Crippen LogP contribution is 2.57. The predicted molar refractivity (Wildman–Crippen MR) is 155 cm³/mol. The van der Waals surface area contributed by atoms with Gasteiger partial charge in [0.25, 0.3) is 5.56 Å². The zero-order valence-electron chi connectivity index (χ0n) is 24.8. The number of nitrogens with zero attached hydrogens (tertiary/aromatic N) is 2. The van der Waals surface area contributed by atoms with Gasteiger partial charge in [-0.05, 0) is 40.7 Å². The topological polar surface area (TPSA) is 166 Å². The number of hydrogen-bond donors (Lipinski definition) is 3. The molecule has 0 saturated heterocycles. The molecule has 2 heterocycles. The lowest BCUT2D eigenvalue weighted by Gasteiger charge is -2.29. The molecule has 0 radical (unpaired) electrons. The van der Waals surface area contributed by atoms with Gasteiger partial charge in [0, 0.05) is 36.5 Å². The summed E-state index contributed by atoms with van der Waals surface area (Å²) in [5.41, 5.74) is -1.51. The van der Waals surface area contributed by atoms with Gasteiger partial charge in [0.2, 0.25) is 0 Å². The van der Waals surface area contributed by atoms with Crippen molar-refractivity contribution in [2.24, 2.45) is 0 Å². The van der Waals surface area contributed by atoms with Crippen LogP contribution in [0.4, 0.5) is 0 Å². The first-order chi connectivity index (χ1) is 20.3. The van der Waals surface area contributed by atoms with Gasteiger partial charge < -0.3 is 29.7 Å². The third-order valence-electron chi connectivity index (χ3n) is 8.14. The number of benzene rings is 2. The minimum absolute atomic E-state index is 0.0125. The largest absolute Gasteiger partial charge is 0.507 e. The molecule has 1 aliphatic carbocycles. The van der Waals surface area contributed by atoms with Gasteiger partial charge in [-0.1, -0.05) is 0 Å². The van der Waals surface area contributed by atoms with E-state index in [1.54, 1.807) is 26.0 Å². The maximum absolute atomic E-state index is 14.0. The van der Waals surface area contributed by atoms with Crippen LogP contribution in [-0.2, 0) is 21.5 Å². The molecule has 1 aliphatic heterocycles. The average molecular weight is 590 g/mol. The second-order valence-electron chi connectivity index (χ2n) is 10.7. The number of aromatic hydroxyl groups is 2. The zero-order chi connectivity index (χ0) is 31.5. The molecule has 0 amide bonds. The van der Waals surface area contributed by atoms with Crippen LogP contribution in [0.15, 0.2) is 40.0 Å². The Labute approximate surface area is 246 Å². The van der Waals surface area contributed by atoms with Crippen LogP contribution in [-0.4, -0.2) is 57.9 Å². The van der Waals surface area contributed by atoms with Crippen molar-refractivity contribution in [3.05, 3.63) is 68.1 Å². The van der Waals surface area contributed by atoms with Crippen LogP contribution in [0.3, 0.4) is 0 Å². The number of phenolic OH excluding ortho intramolecular Hbond substituents is 2. The number of rotatable bonds is 7. The van der Waals surface area contributed by atoms with Gasteiger partial charge in [0.05, 0.1) is 36.3 Å². The predicted octanol–water partition coefficient (Wildman–Crippen LogP) is 2.89. The highest BCUT2D eigenvalue weighted by Gasteiger charge is 2.56. The van der Waals surface area contributed by atoms with Crippen molar-refractivity contribution in [1.29, 1.82) is 0 Å². The molecule has 12 nitrogen and oxygen atoms in total. The first-order valence-electron chi connectivity index (χ1n) is 13.4. The number of carbonyl (C=O) groups is 3. The van der Waals surface area contributed by atoms with Crippen LogP contribution >= 0.6 is 0 Å². The van der Waals surface area contributed by atoms with E-state index < -0.39 is 34.3 Å². The van der Waals surface area contributed by atoms with Crippen LogP contribution in [0.5, 0.6) is 28.7 Å². The number of aryl methyl sites for hydroxylation is 1. The summed E-state index contributed by atoms with van der Waals surface area (Å²) in [6.45, 7) is 7.75. The molecule has 2 aromatic carbocycles. The lowest BCUT2D eigenvalue weighted by molar-refractivity contribution is -0.123. The fourth-order valence-electron chi connectivity index (χ4n) is 5.73. The smallest absolute Gasteiger partial charge is 0.261 e. The number of phenols is 2. The maximum atomic E-state index is 14.0. The van der Waals surface area contributed by atoms with Crippen molar-refractivity contribution in [3.63, 3.8) is 0 Å². The lowest BCUT2D eigenvalue weighted by atomic mass is 9.70. The third kappa shape index (κ3) is 4.24. The Morgan fingerprint density at radius 2 is 1.72 bits per heavy atom. The molecule has 1 unspecified atom stereocenters. The number of aromatic nitrogens is 2. The second kappa shape index (κ2) is 10.3. The van der Waals surface area contributed by atoms with E-state index in [1.165, 1.54) is 39.6 Å². The number of carbonyl (C=O) groups excluding carboxylic acids is 3. The number of ether oxygens (including phenoxy) is 3. The summed E-state index contributed by atoms with van der Waals surface area (Å²) in [5.74, 6) is -1.55. The zero-order valence-corrected chi connectivity index (χ0v) is 24.8. The van der Waals surface area contributed by atoms with Crippen molar-refractivity contribution < 1.29 is 38.8 Å². The van der Waals surface area contributed by atoms with Crippen molar-refractivity contribution in [2.45, 2.75) is 46.6 Å². The van der Waals surface area contributed by atoms with Crippen LogP contribution in [0.1, 0.15) is 48.1 Å². The van der Waals surface area contributed by atoms with Crippen molar-refractivity contribution >= 4 is 28.3 Å². The molecule has 43 heavy (non-hydrogen) atoms. The van der Waals surface area contributed by atoms with Crippen molar-refractivity contribution in [3.8, 4) is 28.7 Å². The van der Waals surface area contributed by atoms with Gasteiger partial charge in [-0.25, -0.2) is 4.98 Å². The van der Waals surface area contributed by atoms with Gasteiger partial charge in [0.1, 0.15) is 39.8 Å². The Morgan fingerprint density at radius 3 is 2.35 bits per heavy atom. The molecule has 3 aromatic rings. The lowest BCUT2D eigenvalue weighted by Crippen LogP contribution is -2.41. The van der Waals surface area contributed by atoms with E-state index in [-0.39, 0.29) is 58.1 Å². The second-order valence-corrected chi connectivity index (χ2v) is 10.7. The molecule has 12 heteroatoms. The normalized spacial score (nSPS) is 18.5.